The maximum absolute atomic E-state index is 13.9. The Balaban J connectivity index is 1.47. The van der Waals surface area contributed by atoms with Crippen LogP contribution in [0.5, 0.6) is 0 Å². The molecule has 8 nitrogen and oxygen atoms in total. The molecular formula is C35H45N3O5. The number of anilines is 1. The molecule has 2 aliphatic heterocycles. The van der Waals surface area contributed by atoms with Gasteiger partial charge in [0, 0.05) is 60.3 Å². The Bertz CT molecular complexity index is 1480. The third kappa shape index (κ3) is 7.27. The van der Waals surface area contributed by atoms with E-state index in [9.17, 15) is 14.8 Å². The summed E-state index contributed by atoms with van der Waals surface area (Å²) < 4.78 is 10.8. The summed E-state index contributed by atoms with van der Waals surface area (Å²) in [6.45, 7) is 12.7. The maximum Gasteiger partial charge on any atom is 0.251 e. The van der Waals surface area contributed by atoms with E-state index in [1.807, 2.05) is 45.0 Å². The lowest BCUT2D eigenvalue weighted by atomic mass is 9.91. The van der Waals surface area contributed by atoms with Crippen LogP contribution in [-0.4, -0.2) is 67.5 Å². The number of H-pyrrole nitrogens is 1. The number of aromatic amines is 1. The number of Topliss-reactive ketones (excluding diaryl/α,β-unsaturated/α-hetero) is 1. The van der Waals surface area contributed by atoms with Gasteiger partial charge in [0.05, 0.1) is 13.2 Å². The zero-order chi connectivity index (χ0) is 30.6. The highest BCUT2D eigenvalue weighted by atomic mass is 16.6. The molecule has 8 heteroatoms. The highest BCUT2D eigenvalue weighted by Gasteiger charge is 2.26. The van der Waals surface area contributed by atoms with E-state index in [2.05, 4.69) is 35.0 Å². The summed E-state index contributed by atoms with van der Waals surface area (Å²) in [6, 6.07) is 14.7. The Morgan fingerprint density at radius 2 is 1.65 bits per heavy atom. The number of rotatable bonds is 10. The summed E-state index contributed by atoms with van der Waals surface area (Å²) in [5.74, 6) is 0.0322. The van der Waals surface area contributed by atoms with E-state index >= 15 is 0 Å². The SMILES string of the molecule is CCN(c1cc(-c2ccc(C[N+]3([O-])CCOCC3)cc2)cc(C(=O)CCc2c(C)cc(C)[nH]c2=O)c1C)C1CCOCC1. The summed E-state index contributed by atoms with van der Waals surface area (Å²) in [4.78, 5) is 31.8. The molecule has 0 unspecified atom stereocenters. The third-order valence-electron chi connectivity index (χ3n) is 9.10. The van der Waals surface area contributed by atoms with Crippen LogP contribution in [0.25, 0.3) is 11.1 Å². The van der Waals surface area contributed by atoms with E-state index in [1.54, 1.807) is 0 Å². The number of hydrogen-bond donors (Lipinski definition) is 1. The number of morpholine rings is 1. The van der Waals surface area contributed by atoms with Crippen molar-refractivity contribution in [3.8, 4) is 11.1 Å². The Labute approximate surface area is 254 Å². The van der Waals surface area contributed by atoms with Gasteiger partial charge < -0.3 is 29.2 Å². The van der Waals surface area contributed by atoms with Crippen LogP contribution >= 0.6 is 0 Å². The number of aromatic nitrogens is 1. The monoisotopic (exact) mass is 587 g/mol. The van der Waals surface area contributed by atoms with Gasteiger partial charge in [-0.1, -0.05) is 24.3 Å². The maximum atomic E-state index is 13.9. The second-order valence-electron chi connectivity index (χ2n) is 12.1. The second kappa shape index (κ2) is 13.6. The number of pyridine rings is 1. The molecule has 230 valence electrons. The number of quaternary nitrogens is 1. The largest absolute Gasteiger partial charge is 0.632 e. The lowest BCUT2D eigenvalue weighted by molar-refractivity contribution is -0.901. The number of benzene rings is 2. The predicted molar refractivity (Wildman–Crippen MR) is 171 cm³/mol. The van der Waals surface area contributed by atoms with Crippen molar-refractivity contribution in [2.45, 2.75) is 66.0 Å². The number of nitrogens with one attached hydrogen (secondary N) is 1. The summed E-state index contributed by atoms with van der Waals surface area (Å²) >= 11 is 0. The molecule has 0 aliphatic carbocycles. The Morgan fingerprint density at radius 1 is 0.977 bits per heavy atom. The lowest BCUT2D eigenvalue weighted by Gasteiger charge is -2.45. The van der Waals surface area contributed by atoms with Crippen LogP contribution in [0.4, 0.5) is 5.69 Å². The minimum Gasteiger partial charge on any atom is -0.632 e. The van der Waals surface area contributed by atoms with Crippen LogP contribution in [0.2, 0.25) is 0 Å². The van der Waals surface area contributed by atoms with Gasteiger partial charge in [-0.05, 0) is 87.4 Å². The Hall–Kier alpha value is -3.30. The van der Waals surface area contributed by atoms with Crippen molar-refractivity contribution in [3.05, 3.63) is 91.5 Å². The number of hydroxylamine groups is 3. The normalized spacial score (nSPS) is 17.1. The van der Waals surface area contributed by atoms with E-state index in [1.165, 1.54) is 0 Å². The molecule has 0 bridgehead atoms. The number of ketones is 1. The highest BCUT2D eigenvalue weighted by Crippen LogP contribution is 2.35. The van der Waals surface area contributed by atoms with Crippen molar-refractivity contribution in [2.24, 2.45) is 0 Å². The summed E-state index contributed by atoms with van der Waals surface area (Å²) in [6.07, 6.45) is 2.55. The van der Waals surface area contributed by atoms with E-state index in [-0.39, 0.29) is 22.4 Å². The molecule has 1 N–H and O–H groups in total. The number of nitrogens with zero attached hydrogens (tertiary/aromatic N) is 2. The number of carbonyl (C=O) groups excluding carboxylic acids is 1. The number of ether oxygens (including phenoxy) is 2. The summed E-state index contributed by atoms with van der Waals surface area (Å²) in [5.41, 5.74) is 8.00. The van der Waals surface area contributed by atoms with E-state index in [4.69, 9.17) is 9.47 Å². The standard InChI is InChI=1S/C35H45N3O5/c1-5-37(30-12-16-42-17-13-30)33-22-29(28-8-6-27(7-9-28)23-38(41)14-18-43-19-15-38)21-32(26(33)4)34(39)11-10-31-24(2)20-25(3)36-35(31)40/h6-9,20-22,30H,5,10-19,23H2,1-4H3,(H,36,40). The molecule has 43 heavy (non-hydrogen) atoms. The van der Waals surface area contributed by atoms with Crippen LogP contribution in [0.3, 0.4) is 0 Å². The molecular weight excluding hydrogens is 542 g/mol. The van der Waals surface area contributed by atoms with Crippen LogP contribution < -0.4 is 10.5 Å². The van der Waals surface area contributed by atoms with Gasteiger partial charge in [-0.15, -0.1) is 0 Å². The number of aryl methyl sites for hydroxylation is 2. The molecule has 2 fully saturated rings. The highest BCUT2D eigenvalue weighted by molar-refractivity contribution is 6.00. The Kier molecular flexibility index (Phi) is 9.82. The van der Waals surface area contributed by atoms with Crippen LogP contribution in [0.15, 0.2) is 47.3 Å². The molecule has 1 aromatic heterocycles. The first-order valence-electron chi connectivity index (χ1n) is 15.6. The predicted octanol–water partition coefficient (Wildman–Crippen LogP) is 5.63. The lowest BCUT2D eigenvalue weighted by Crippen LogP contribution is -2.49. The first-order chi connectivity index (χ1) is 20.7. The average molecular weight is 588 g/mol. The minimum absolute atomic E-state index is 0.0322. The van der Waals surface area contributed by atoms with Gasteiger partial charge >= 0.3 is 0 Å². The molecule has 5 rings (SSSR count). The molecule has 3 aromatic rings. The number of carbonyl (C=O) groups is 1. The second-order valence-corrected chi connectivity index (χ2v) is 12.1. The summed E-state index contributed by atoms with van der Waals surface area (Å²) in [7, 11) is 0. The molecule has 0 radical (unpaired) electrons. The van der Waals surface area contributed by atoms with Gasteiger partial charge in [0.1, 0.15) is 19.6 Å². The van der Waals surface area contributed by atoms with E-state index in [0.717, 1.165) is 71.8 Å². The fourth-order valence-electron chi connectivity index (χ4n) is 6.61. The zero-order valence-electron chi connectivity index (χ0n) is 26.0. The van der Waals surface area contributed by atoms with Crippen molar-refractivity contribution in [1.82, 2.24) is 4.98 Å². The smallest absolute Gasteiger partial charge is 0.251 e. The fraction of sp³-hybridized carbons (Fsp3) is 0.486. The molecule has 2 aromatic carbocycles. The fourth-order valence-corrected chi connectivity index (χ4v) is 6.61. The molecule has 3 heterocycles. The first-order valence-corrected chi connectivity index (χ1v) is 15.6. The molecule has 0 saturated carbocycles. The van der Waals surface area contributed by atoms with Gasteiger partial charge in [0.15, 0.2) is 5.78 Å². The van der Waals surface area contributed by atoms with Crippen LogP contribution in [0.1, 0.15) is 64.5 Å². The molecule has 2 saturated heterocycles. The topological polar surface area (TPSA) is 94.7 Å². The third-order valence-corrected chi connectivity index (χ3v) is 9.10. The van der Waals surface area contributed by atoms with Crippen molar-refractivity contribution < 1.29 is 18.9 Å². The van der Waals surface area contributed by atoms with Crippen LogP contribution in [-0.2, 0) is 22.4 Å². The van der Waals surface area contributed by atoms with Gasteiger partial charge in [0.25, 0.3) is 5.56 Å². The molecule has 0 amide bonds. The molecule has 0 atom stereocenters. The van der Waals surface area contributed by atoms with E-state index in [0.29, 0.717) is 56.4 Å². The zero-order valence-corrected chi connectivity index (χ0v) is 26.0. The first kappa shape index (κ1) is 31.1. The average Bonchev–Trinajstić information content (AvgIpc) is 2.99. The molecule has 0 spiro atoms. The van der Waals surface area contributed by atoms with Crippen molar-refractivity contribution in [2.75, 3.05) is 51.0 Å². The number of hydrogen-bond acceptors (Lipinski definition) is 6. The van der Waals surface area contributed by atoms with Gasteiger partial charge in [-0.2, -0.15) is 0 Å². The van der Waals surface area contributed by atoms with Crippen molar-refractivity contribution >= 4 is 11.5 Å². The van der Waals surface area contributed by atoms with Gasteiger partial charge in [-0.3, -0.25) is 9.59 Å². The summed E-state index contributed by atoms with van der Waals surface area (Å²) in [5, 5.41) is 13.1. The van der Waals surface area contributed by atoms with E-state index < -0.39 is 0 Å². The Morgan fingerprint density at radius 3 is 2.30 bits per heavy atom. The van der Waals surface area contributed by atoms with Crippen LogP contribution in [0, 0.1) is 26.0 Å². The van der Waals surface area contributed by atoms with Gasteiger partial charge in [-0.25, -0.2) is 0 Å². The quantitative estimate of drug-likeness (QED) is 0.188. The molecule has 2 aliphatic rings. The van der Waals surface area contributed by atoms with Gasteiger partial charge in [0.2, 0.25) is 0 Å². The van der Waals surface area contributed by atoms with Crippen molar-refractivity contribution in [1.29, 1.82) is 0 Å². The minimum atomic E-state index is -0.257. The van der Waals surface area contributed by atoms with Crippen molar-refractivity contribution in [3.63, 3.8) is 0 Å².